The molecular formula is C23H21N7O2. The summed E-state index contributed by atoms with van der Waals surface area (Å²) in [6, 6.07) is 9.84. The molecule has 1 saturated heterocycles. The van der Waals surface area contributed by atoms with Crippen LogP contribution in [0.1, 0.15) is 15.9 Å². The molecule has 1 amide bonds. The van der Waals surface area contributed by atoms with E-state index in [2.05, 4.69) is 36.6 Å². The number of hydrogen-bond acceptors (Lipinski definition) is 7. The predicted molar refractivity (Wildman–Crippen MR) is 120 cm³/mol. The molecule has 32 heavy (non-hydrogen) atoms. The maximum atomic E-state index is 11.9. The van der Waals surface area contributed by atoms with E-state index in [4.69, 9.17) is 4.74 Å². The molecule has 0 saturated carbocycles. The first kappa shape index (κ1) is 18.8. The van der Waals surface area contributed by atoms with Gasteiger partial charge in [-0.3, -0.25) is 9.20 Å². The minimum atomic E-state index is -0.0239. The van der Waals surface area contributed by atoms with Crippen LogP contribution in [0.4, 0.5) is 17.3 Å². The number of nitrogens with one attached hydrogen (secondary N) is 2. The number of benzene rings is 1. The molecule has 6 rings (SSSR count). The van der Waals surface area contributed by atoms with E-state index in [1.54, 1.807) is 6.20 Å². The minimum absolute atomic E-state index is 0.0239. The second-order valence-electron chi connectivity index (χ2n) is 7.79. The van der Waals surface area contributed by atoms with Gasteiger partial charge in [0, 0.05) is 43.2 Å². The Morgan fingerprint density at radius 2 is 1.94 bits per heavy atom. The third-order valence-corrected chi connectivity index (χ3v) is 5.88. The number of nitrogens with zero attached hydrogens (tertiary/aromatic N) is 5. The Morgan fingerprint density at radius 1 is 1.03 bits per heavy atom. The van der Waals surface area contributed by atoms with Crippen LogP contribution in [-0.2, 0) is 11.3 Å². The number of hydrogen-bond donors (Lipinski definition) is 2. The Kier molecular flexibility index (Phi) is 4.46. The third kappa shape index (κ3) is 3.23. The molecule has 0 atom stereocenters. The Hall–Kier alpha value is -3.98. The van der Waals surface area contributed by atoms with E-state index in [1.807, 2.05) is 47.3 Å². The summed E-state index contributed by atoms with van der Waals surface area (Å²) >= 11 is 0. The second-order valence-corrected chi connectivity index (χ2v) is 7.79. The number of ether oxygens (including phenoxy) is 1. The van der Waals surface area contributed by atoms with Crippen LogP contribution in [0.5, 0.6) is 0 Å². The third-order valence-electron chi connectivity index (χ3n) is 5.88. The Bertz CT molecular complexity index is 1310. The average Bonchev–Trinajstić information content (AvgIpc) is 3.48. The number of fused-ring (bicyclic) bond motifs is 2. The normalized spacial score (nSPS) is 15.6. The summed E-state index contributed by atoms with van der Waals surface area (Å²) in [5.41, 5.74) is 5.39. The highest BCUT2D eigenvalue weighted by atomic mass is 16.5. The molecule has 160 valence electrons. The van der Waals surface area contributed by atoms with Crippen LogP contribution >= 0.6 is 0 Å². The molecule has 2 aliphatic heterocycles. The molecule has 4 aromatic rings. The zero-order chi connectivity index (χ0) is 21.5. The smallest absolute Gasteiger partial charge is 0.251 e. The van der Waals surface area contributed by atoms with Gasteiger partial charge >= 0.3 is 0 Å². The fourth-order valence-corrected chi connectivity index (χ4v) is 4.20. The molecule has 2 N–H and O–H groups in total. The van der Waals surface area contributed by atoms with Crippen molar-refractivity contribution in [2.24, 2.45) is 0 Å². The number of aromatic nitrogens is 4. The van der Waals surface area contributed by atoms with Crippen molar-refractivity contribution in [3.8, 4) is 11.3 Å². The number of pyridine rings is 1. The summed E-state index contributed by atoms with van der Waals surface area (Å²) in [5.74, 6) is 1.31. The summed E-state index contributed by atoms with van der Waals surface area (Å²) in [7, 11) is 0. The van der Waals surface area contributed by atoms with Crippen molar-refractivity contribution in [1.82, 2.24) is 24.7 Å². The molecule has 1 fully saturated rings. The molecule has 9 nitrogen and oxygen atoms in total. The maximum Gasteiger partial charge on any atom is 0.251 e. The van der Waals surface area contributed by atoms with E-state index >= 15 is 0 Å². The van der Waals surface area contributed by atoms with E-state index in [-0.39, 0.29) is 5.91 Å². The molecular weight excluding hydrogens is 406 g/mol. The van der Waals surface area contributed by atoms with E-state index in [1.165, 1.54) is 0 Å². The number of amides is 1. The van der Waals surface area contributed by atoms with Gasteiger partial charge in [0.05, 0.1) is 37.0 Å². The van der Waals surface area contributed by atoms with E-state index in [9.17, 15) is 4.79 Å². The molecule has 0 spiro atoms. The monoisotopic (exact) mass is 427 g/mol. The van der Waals surface area contributed by atoms with Gasteiger partial charge in [0.2, 0.25) is 0 Å². The van der Waals surface area contributed by atoms with Crippen molar-refractivity contribution in [3.05, 3.63) is 66.2 Å². The summed E-state index contributed by atoms with van der Waals surface area (Å²) in [4.78, 5) is 27.8. The molecule has 0 unspecified atom stereocenters. The lowest BCUT2D eigenvalue weighted by atomic mass is 10.0. The molecule has 0 radical (unpaired) electrons. The van der Waals surface area contributed by atoms with Crippen LogP contribution < -0.4 is 15.5 Å². The quantitative estimate of drug-likeness (QED) is 0.517. The van der Waals surface area contributed by atoms with Crippen LogP contribution in [0.15, 0.2) is 55.1 Å². The Morgan fingerprint density at radius 3 is 2.78 bits per heavy atom. The van der Waals surface area contributed by atoms with E-state index < -0.39 is 0 Å². The molecule has 1 aromatic carbocycles. The molecule has 5 heterocycles. The second kappa shape index (κ2) is 7.61. The minimum Gasteiger partial charge on any atom is -0.378 e. The summed E-state index contributed by atoms with van der Waals surface area (Å²) in [6.07, 6.45) is 7.33. The van der Waals surface area contributed by atoms with Crippen molar-refractivity contribution in [2.75, 3.05) is 36.5 Å². The highest BCUT2D eigenvalue weighted by Gasteiger charge is 2.20. The number of carbonyl (C=O) groups excluding carboxylic acids is 1. The fraction of sp³-hybridized carbons (Fsp3) is 0.217. The first-order valence-corrected chi connectivity index (χ1v) is 10.6. The van der Waals surface area contributed by atoms with Gasteiger partial charge in [-0.1, -0.05) is 6.07 Å². The SMILES string of the molecule is O=C1NCc2cc(-c3cnc(Nc4ccc(N5CCOCC5)cn4)c4nccn34)ccc21. The molecule has 0 aliphatic carbocycles. The van der Waals surface area contributed by atoms with Gasteiger partial charge in [-0.05, 0) is 29.8 Å². The number of morpholine rings is 1. The molecule has 3 aromatic heterocycles. The molecule has 9 heteroatoms. The topological polar surface area (TPSA) is 96.7 Å². The van der Waals surface area contributed by atoms with Gasteiger partial charge < -0.3 is 20.3 Å². The van der Waals surface area contributed by atoms with Crippen LogP contribution in [0, 0.1) is 0 Å². The van der Waals surface area contributed by atoms with Crippen LogP contribution in [0.2, 0.25) is 0 Å². The van der Waals surface area contributed by atoms with Gasteiger partial charge in [0.15, 0.2) is 11.5 Å². The van der Waals surface area contributed by atoms with Gasteiger partial charge in [-0.2, -0.15) is 0 Å². The first-order chi connectivity index (χ1) is 15.8. The highest BCUT2D eigenvalue weighted by Crippen LogP contribution is 2.28. The molecule has 2 aliphatic rings. The lowest BCUT2D eigenvalue weighted by Gasteiger charge is -2.28. The Labute approximate surface area is 184 Å². The van der Waals surface area contributed by atoms with E-state index in [0.717, 1.165) is 54.4 Å². The Balaban J connectivity index is 1.29. The van der Waals surface area contributed by atoms with Crippen molar-refractivity contribution >= 4 is 28.9 Å². The fourth-order valence-electron chi connectivity index (χ4n) is 4.20. The van der Waals surface area contributed by atoms with E-state index in [0.29, 0.717) is 23.8 Å². The average molecular weight is 427 g/mol. The summed E-state index contributed by atoms with van der Waals surface area (Å²) < 4.78 is 7.40. The lowest BCUT2D eigenvalue weighted by Crippen LogP contribution is -2.36. The standard InChI is InChI=1S/C23H21N7O2/c31-23-18-3-1-15(11-16(18)12-27-23)19-14-26-21(22-24-5-6-30(19)22)28-20-4-2-17(13-25-20)29-7-9-32-10-8-29/h1-6,11,13-14H,7-10,12H2,(H,27,31)(H,25,26,28). The predicted octanol–water partition coefficient (Wildman–Crippen LogP) is 2.61. The lowest BCUT2D eigenvalue weighted by molar-refractivity contribution is 0.0965. The van der Waals surface area contributed by atoms with Crippen molar-refractivity contribution in [1.29, 1.82) is 0 Å². The van der Waals surface area contributed by atoms with Crippen LogP contribution in [0.25, 0.3) is 16.9 Å². The zero-order valence-corrected chi connectivity index (χ0v) is 17.3. The number of imidazole rings is 1. The van der Waals surface area contributed by atoms with Crippen molar-refractivity contribution < 1.29 is 9.53 Å². The van der Waals surface area contributed by atoms with Gasteiger partial charge in [-0.25, -0.2) is 15.0 Å². The van der Waals surface area contributed by atoms with Crippen LogP contribution in [0.3, 0.4) is 0 Å². The molecule has 0 bridgehead atoms. The number of carbonyl (C=O) groups is 1. The maximum absolute atomic E-state index is 11.9. The summed E-state index contributed by atoms with van der Waals surface area (Å²) in [5, 5.41) is 6.14. The zero-order valence-electron chi connectivity index (χ0n) is 17.3. The number of anilines is 3. The first-order valence-electron chi connectivity index (χ1n) is 10.6. The van der Waals surface area contributed by atoms with Gasteiger partial charge in [0.1, 0.15) is 5.82 Å². The number of rotatable bonds is 4. The largest absolute Gasteiger partial charge is 0.378 e. The van der Waals surface area contributed by atoms with Gasteiger partial charge in [-0.15, -0.1) is 0 Å². The van der Waals surface area contributed by atoms with Crippen molar-refractivity contribution in [3.63, 3.8) is 0 Å². The highest BCUT2D eigenvalue weighted by molar-refractivity contribution is 5.98. The van der Waals surface area contributed by atoms with Crippen LogP contribution in [-0.4, -0.2) is 51.6 Å². The van der Waals surface area contributed by atoms with Crippen molar-refractivity contribution in [2.45, 2.75) is 6.54 Å². The van der Waals surface area contributed by atoms with Gasteiger partial charge in [0.25, 0.3) is 5.91 Å². The summed E-state index contributed by atoms with van der Waals surface area (Å²) in [6.45, 7) is 3.78.